The molecule has 1 aromatic carbocycles. The van der Waals surface area contributed by atoms with E-state index in [9.17, 15) is 8.42 Å². The maximum absolute atomic E-state index is 13.1. The molecule has 0 N–H and O–H groups in total. The zero-order valence-corrected chi connectivity index (χ0v) is 19.0. The van der Waals surface area contributed by atoms with Crippen molar-refractivity contribution in [3.05, 3.63) is 53.0 Å². The van der Waals surface area contributed by atoms with Crippen LogP contribution in [0.25, 0.3) is 5.82 Å². The molecule has 0 saturated carbocycles. The highest BCUT2D eigenvalue weighted by molar-refractivity contribution is 9.10. The van der Waals surface area contributed by atoms with Gasteiger partial charge in [-0.2, -0.15) is 4.31 Å². The molecule has 3 aromatic rings. The van der Waals surface area contributed by atoms with Gasteiger partial charge in [-0.25, -0.2) is 13.4 Å². The number of imidazole rings is 1. The van der Waals surface area contributed by atoms with Crippen LogP contribution in [0.15, 0.2) is 52.1 Å². The SMILES string of the molecule is COc1ccc(Br)cc1S(=O)(=O)N1CCN(c2ccc(-n3ccnc3C)nn2)CC1. The third kappa shape index (κ3) is 3.92. The van der Waals surface area contributed by atoms with Crippen molar-refractivity contribution < 1.29 is 13.2 Å². The van der Waals surface area contributed by atoms with Crippen molar-refractivity contribution in [1.82, 2.24) is 24.1 Å². The van der Waals surface area contributed by atoms with Gasteiger partial charge < -0.3 is 9.64 Å². The number of halogens is 1. The molecule has 2 aromatic heterocycles. The molecular weight excluding hydrogens is 472 g/mol. The van der Waals surface area contributed by atoms with Crippen LogP contribution in [0.3, 0.4) is 0 Å². The van der Waals surface area contributed by atoms with Crippen LogP contribution in [0.4, 0.5) is 5.82 Å². The number of hydrogen-bond donors (Lipinski definition) is 0. The minimum atomic E-state index is -3.67. The predicted octanol–water partition coefficient (Wildman–Crippen LogP) is 2.25. The summed E-state index contributed by atoms with van der Waals surface area (Å²) in [5.74, 6) is 2.57. The molecule has 0 atom stereocenters. The molecule has 0 spiro atoms. The summed E-state index contributed by atoms with van der Waals surface area (Å²) in [7, 11) is -2.20. The maximum atomic E-state index is 13.1. The van der Waals surface area contributed by atoms with Gasteiger partial charge in [0.2, 0.25) is 10.0 Å². The van der Waals surface area contributed by atoms with Crippen LogP contribution in [0.2, 0.25) is 0 Å². The van der Waals surface area contributed by atoms with E-state index in [1.165, 1.54) is 11.4 Å². The van der Waals surface area contributed by atoms with Crippen molar-refractivity contribution in [3.63, 3.8) is 0 Å². The number of rotatable bonds is 5. The third-order valence-electron chi connectivity index (χ3n) is 5.02. The third-order valence-corrected chi connectivity index (χ3v) is 7.43. The Hall–Kier alpha value is -2.50. The smallest absolute Gasteiger partial charge is 0.246 e. The van der Waals surface area contributed by atoms with Gasteiger partial charge in [-0.1, -0.05) is 15.9 Å². The summed E-state index contributed by atoms with van der Waals surface area (Å²) in [5, 5.41) is 8.60. The normalized spacial score (nSPS) is 15.4. The zero-order chi connectivity index (χ0) is 21.3. The Morgan fingerprint density at radius 2 is 1.73 bits per heavy atom. The molecule has 4 rings (SSSR count). The van der Waals surface area contributed by atoms with Crippen molar-refractivity contribution in [2.75, 3.05) is 38.2 Å². The van der Waals surface area contributed by atoms with Gasteiger partial charge in [-0.15, -0.1) is 10.2 Å². The number of nitrogens with zero attached hydrogens (tertiary/aromatic N) is 6. The van der Waals surface area contributed by atoms with Crippen molar-refractivity contribution in [2.45, 2.75) is 11.8 Å². The zero-order valence-electron chi connectivity index (χ0n) is 16.6. The van der Waals surface area contributed by atoms with E-state index in [1.807, 2.05) is 34.7 Å². The lowest BCUT2D eigenvalue weighted by Crippen LogP contribution is -2.49. The molecule has 3 heterocycles. The van der Waals surface area contributed by atoms with Gasteiger partial charge >= 0.3 is 0 Å². The number of hydrogen-bond acceptors (Lipinski definition) is 7. The van der Waals surface area contributed by atoms with Gasteiger partial charge in [0.05, 0.1) is 7.11 Å². The van der Waals surface area contributed by atoms with Crippen LogP contribution in [-0.2, 0) is 10.0 Å². The lowest BCUT2D eigenvalue weighted by atomic mass is 10.3. The fourth-order valence-electron chi connectivity index (χ4n) is 3.38. The van der Waals surface area contributed by atoms with E-state index in [-0.39, 0.29) is 4.90 Å². The van der Waals surface area contributed by atoms with E-state index >= 15 is 0 Å². The van der Waals surface area contributed by atoms with Crippen molar-refractivity contribution in [2.24, 2.45) is 0 Å². The Kier molecular flexibility index (Phi) is 5.76. The van der Waals surface area contributed by atoms with Crippen LogP contribution in [0.5, 0.6) is 5.75 Å². The quantitative estimate of drug-likeness (QED) is 0.538. The number of aromatic nitrogens is 4. The summed E-state index contributed by atoms with van der Waals surface area (Å²) in [6.07, 6.45) is 3.55. The number of benzene rings is 1. The topological polar surface area (TPSA) is 93.5 Å². The first-order valence-corrected chi connectivity index (χ1v) is 11.6. The molecule has 158 valence electrons. The summed E-state index contributed by atoms with van der Waals surface area (Å²) in [6, 6.07) is 8.74. The van der Waals surface area contributed by atoms with Crippen LogP contribution in [0, 0.1) is 6.92 Å². The fraction of sp³-hybridized carbons (Fsp3) is 0.316. The van der Waals surface area contributed by atoms with E-state index in [4.69, 9.17) is 4.74 Å². The van der Waals surface area contributed by atoms with Crippen molar-refractivity contribution in [1.29, 1.82) is 0 Å². The van der Waals surface area contributed by atoms with Gasteiger partial charge in [0.1, 0.15) is 16.5 Å². The number of ether oxygens (including phenoxy) is 1. The molecule has 11 heteroatoms. The average molecular weight is 493 g/mol. The fourth-order valence-corrected chi connectivity index (χ4v) is 5.50. The second kappa shape index (κ2) is 8.32. The Labute approximate surface area is 183 Å². The summed E-state index contributed by atoms with van der Waals surface area (Å²) in [6.45, 7) is 3.64. The molecule has 1 fully saturated rings. The first-order chi connectivity index (χ1) is 14.4. The lowest BCUT2D eigenvalue weighted by Gasteiger charge is -2.34. The van der Waals surface area contributed by atoms with Gasteiger partial charge in [-0.05, 0) is 37.3 Å². The van der Waals surface area contributed by atoms with Crippen molar-refractivity contribution >= 4 is 31.8 Å². The second-order valence-electron chi connectivity index (χ2n) is 6.78. The van der Waals surface area contributed by atoms with E-state index < -0.39 is 10.0 Å². The maximum Gasteiger partial charge on any atom is 0.246 e. The van der Waals surface area contributed by atoms with Crippen LogP contribution < -0.4 is 9.64 Å². The number of piperazine rings is 1. The Morgan fingerprint density at radius 3 is 2.33 bits per heavy atom. The van der Waals surface area contributed by atoms with Gasteiger partial charge in [0.15, 0.2) is 11.6 Å². The predicted molar refractivity (Wildman–Crippen MR) is 116 cm³/mol. The molecule has 0 aliphatic carbocycles. The molecular formula is C19H21BrN6O3S. The summed E-state index contributed by atoms with van der Waals surface area (Å²) in [5.41, 5.74) is 0. The van der Waals surface area contributed by atoms with Crippen LogP contribution in [-0.4, -0.2) is 65.8 Å². The molecule has 1 aliphatic heterocycles. The Morgan fingerprint density at radius 1 is 1.03 bits per heavy atom. The minimum absolute atomic E-state index is 0.160. The highest BCUT2D eigenvalue weighted by Gasteiger charge is 2.31. The Balaban J connectivity index is 1.47. The largest absolute Gasteiger partial charge is 0.495 e. The Bertz CT molecular complexity index is 1140. The number of anilines is 1. The molecule has 1 aliphatic rings. The molecule has 30 heavy (non-hydrogen) atoms. The van der Waals surface area contributed by atoms with E-state index in [0.717, 1.165) is 5.82 Å². The van der Waals surface area contributed by atoms with Crippen molar-refractivity contribution in [3.8, 4) is 11.6 Å². The lowest BCUT2D eigenvalue weighted by molar-refractivity contribution is 0.373. The summed E-state index contributed by atoms with van der Waals surface area (Å²) in [4.78, 5) is 6.38. The number of aryl methyl sites for hydroxylation is 1. The molecule has 0 bridgehead atoms. The summed E-state index contributed by atoms with van der Waals surface area (Å²) < 4.78 is 35.6. The molecule has 1 saturated heterocycles. The molecule has 0 radical (unpaired) electrons. The number of methoxy groups -OCH3 is 1. The highest BCUT2D eigenvalue weighted by atomic mass is 79.9. The average Bonchev–Trinajstić information content (AvgIpc) is 3.20. The van der Waals surface area contributed by atoms with Crippen LogP contribution in [0.1, 0.15) is 5.82 Å². The second-order valence-corrected chi connectivity index (χ2v) is 9.60. The van der Waals surface area contributed by atoms with Gasteiger partial charge in [-0.3, -0.25) is 4.57 Å². The molecule has 0 unspecified atom stereocenters. The monoisotopic (exact) mass is 492 g/mol. The van der Waals surface area contributed by atoms with E-state index in [1.54, 1.807) is 24.4 Å². The van der Waals surface area contributed by atoms with E-state index in [2.05, 4.69) is 31.1 Å². The first-order valence-electron chi connectivity index (χ1n) is 9.33. The number of sulfonamides is 1. The minimum Gasteiger partial charge on any atom is -0.495 e. The standard InChI is InChI=1S/C19H21BrN6O3S/c1-14-21-7-8-26(14)19-6-5-18(22-23-19)24-9-11-25(12-10-24)30(27,28)17-13-15(20)3-4-16(17)29-2/h3-8,13H,9-12H2,1-2H3. The van der Waals surface area contributed by atoms with Crippen LogP contribution >= 0.6 is 15.9 Å². The first kappa shape index (κ1) is 20.8. The van der Waals surface area contributed by atoms with Gasteiger partial charge in [0, 0.05) is 43.0 Å². The highest BCUT2D eigenvalue weighted by Crippen LogP contribution is 2.30. The molecule has 0 amide bonds. The van der Waals surface area contributed by atoms with Gasteiger partial charge in [0.25, 0.3) is 0 Å². The molecule has 9 nitrogen and oxygen atoms in total. The van der Waals surface area contributed by atoms with E-state index in [0.29, 0.717) is 48.0 Å². The summed E-state index contributed by atoms with van der Waals surface area (Å²) >= 11 is 3.34.